The van der Waals surface area contributed by atoms with E-state index in [0.717, 1.165) is 12.0 Å². The van der Waals surface area contributed by atoms with Crippen molar-refractivity contribution in [1.29, 1.82) is 0 Å². The number of sulfone groups is 1. The van der Waals surface area contributed by atoms with E-state index in [1.807, 2.05) is 12.1 Å². The number of non-ortho nitro benzene ring substituents is 1. The molecule has 0 unspecified atom stereocenters. The maximum absolute atomic E-state index is 13.3. The second-order valence-electron chi connectivity index (χ2n) is 9.45. The van der Waals surface area contributed by atoms with E-state index in [1.54, 1.807) is 30.3 Å². The molecule has 2 heterocycles. The van der Waals surface area contributed by atoms with Crippen molar-refractivity contribution in [3.8, 4) is 0 Å². The Morgan fingerprint density at radius 1 is 1.16 bits per heavy atom. The molecule has 0 bridgehead atoms. The van der Waals surface area contributed by atoms with Crippen molar-refractivity contribution < 1.29 is 27.7 Å². The van der Waals surface area contributed by atoms with Crippen LogP contribution in [-0.4, -0.2) is 54.4 Å². The predicted molar refractivity (Wildman–Crippen MR) is 141 cm³/mol. The van der Waals surface area contributed by atoms with Gasteiger partial charge < -0.3 is 10.1 Å². The number of ether oxygens (including phenoxy) is 1. The number of aromatic nitrogens is 1. The summed E-state index contributed by atoms with van der Waals surface area (Å²) in [6.45, 7) is -0.531. The molecule has 1 saturated heterocycles. The molecule has 1 N–H and O–H groups in total. The zero-order chi connectivity index (χ0) is 26.9. The Kier molecular flexibility index (Phi) is 6.94. The topological polar surface area (TPSA) is 146 Å². The molecule has 196 valence electrons. The van der Waals surface area contributed by atoms with Gasteiger partial charge >= 0.3 is 5.97 Å². The van der Waals surface area contributed by atoms with Crippen molar-refractivity contribution in [2.24, 2.45) is 0 Å². The lowest BCUT2D eigenvalue weighted by Gasteiger charge is -2.22. The van der Waals surface area contributed by atoms with E-state index in [9.17, 15) is 28.1 Å². The molecule has 3 aromatic rings. The number of carbonyl (C=O) groups excluding carboxylic acids is 2. The van der Waals surface area contributed by atoms with Crippen LogP contribution in [0.25, 0.3) is 22.6 Å². The summed E-state index contributed by atoms with van der Waals surface area (Å²) in [5.41, 5.74) is 3.77. The highest BCUT2D eigenvalue weighted by Gasteiger charge is 2.30. The number of fused-ring (bicyclic) bond motifs is 2. The molecule has 0 radical (unpaired) electrons. The van der Waals surface area contributed by atoms with Gasteiger partial charge in [-0.05, 0) is 54.5 Å². The van der Waals surface area contributed by atoms with Crippen LogP contribution in [0.5, 0.6) is 0 Å². The van der Waals surface area contributed by atoms with Crippen LogP contribution >= 0.6 is 0 Å². The number of nitro benzene ring substituents is 1. The monoisotopic (exact) mass is 535 g/mol. The molecule has 5 rings (SSSR count). The maximum atomic E-state index is 13.3. The highest BCUT2D eigenvalue weighted by Crippen LogP contribution is 2.36. The highest BCUT2D eigenvalue weighted by atomic mass is 32.2. The number of amides is 1. The number of nitrogens with one attached hydrogen (secondary N) is 1. The summed E-state index contributed by atoms with van der Waals surface area (Å²) < 4.78 is 28.7. The van der Waals surface area contributed by atoms with Gasteiger partial charge in [0.2, 0.25) is 0 Å². The minimum Gasteiger partial charge on any atom is -0.452 e. The molecule has 0 saturated carbocycles. The number of esters is 1. The SMILES string of the molecule is O=C(COC(=O)c1c2c(nc3ccccc13)/C(=C/c1cccc([N+](=O)[O-])c1)CCC2)N[C@H]1CCS(=O)(=O)C1. The van der Waals surface area contributed by atoms with Crippen LogP contribution in [0.2, 0.25) is 0 Å². The van der Waals surface area contributed by atoms with Crippen molar-refractivity contribution in [2.45, 2.75) is 31.7 Å². The second kappa shape index (κ2) is 10.3. The molecule has 38 heavy (non-hydrogen) atoms. The van der Waals surface area contributed by atoms with Crippen molar-refractivity contribution in [2.75, 3.05) is 18.1 Å². The number of carbonyl (C=O) groups is 2. The van der Waals surface area contributed by atoms with Crippen LogP contribution in [0.3, 0.4) is 0 Å². The fourth-order valence-electron chi connectivity index (χ4n) is 5.02. The molecule has 1 fully saturated rings. The lowest BCUT2D eigenvalue weighted by atomic mass is 9.86. The number of benzene rings is 2. The standard InChI is InChI=1S/C27H25N3O7S/c31-24(28-19-11-12-38(35,36)16-19)15-37-27(32)25-21-8-1-2-10-23(21)29-26-18(6-4-9-22(25)26)13-17-5-3-7-20(14-17)30(33)34/h1-3,5,7-8,10,13-14,19H,4,6,9,11-12,15-16H2,(H,28,31)/b18-13+/t19-/m0/s1. The zero-order valence-corrected chi connectivity index (χ0v) is 21.2. The molecule has 1 atom stereocenters. The molecule has 10 nitrogen and oxygen atoms in total. The van der Waals surface area contributed by atoms with Crippen LogP contribution in [0, 0.1) is 10.1 Å². The molecule has 1 amide bonds. The second-order valence-corrected chi connectivity index (χ2v) is 11.7. The van der Waals surface area contributed by atoms with Crippen LogP contribution in [0.4, 0.5) is 5.69 Å². The number of nitrogens with zero attached hydrogens (tertiary/aromatic N) is 2. The summed E-state index contributed by atoms with van der Waals surface area (Å²) in [5, 5.41) is 14.4. The van der Waals surface area contributed by atoms with Gasteiger partial charge in [0.25, 0.3) is 11.6 Å². The van der Waals surface area contributed by atoms with Gasteiger partial charge in [0.15, 0.2) is 16.4 Å². The normalized spacial score (nSPS) is 19.2. The minimum absolute atomic E-state index is 0.0143. The van der Waals surface area contributed by atoms with Crippen molar-refractivity contribution >= 4 is 50.0 Å². The van der Waals surface area contributed by atoms with Gasteiger partial charge in [-0.15, -0.1) is 0 Å². The smallest absolute Gasteiger partial charge is 0.339 e. The Labute approximate surface area is 218 Å². The summed E-state index contributed by atoms with van der Waals surface area (Å²) >= 11 is 0. The number of hydrogen-bond donors (Lipinski definition) is 1. The predicted octanol–water partition coefficient (Wildman–Crippen LogP) is 3.48. The van der Waals surface area contributed by atoms with Gasteiger partial charge in [-0.2, -0.15) is 0 Å². The Bertz CT molecular complexity index is 1600. The highest BCUT2D eigenvalue weighted by molar-refractivity contribution is 7.91. The summed E-state index contributed by atoms with van der Waals surface area (Å²) in [4.78, 5) is 41.3. The third kappa shape index (κ3) is 5.42. The van der Waals surface area contributed by atoms with Crippen LogP contribution in [0.15, 0.2) is 48.5 Å². The molecule has 0 spiro atoms. The van der Waals surface area contributed by atoms with E-state index >= 15 is 0 Å². The Balaban J connectivity index is 1.45. The van der Waals surface area contributed by atoms with E-state index in [-0.39, 0.29) is 17.2 Å². The molecule has 11 heteroatoms. The summed E-state index contributed by atoms with van der Waals surface area (Å²) in [6.07, 6.45) is 4.19. The van der Waals surface area contributed by atoms with Gasteiger partial charge in [0, 0.05) is 23.6 Å². The molecular weight excluding hydrogens is 510 g/mol. The first-order chi connectivity index (χ1) is 18.2. The first-order valence-electron chi connectivity index (χ1n) is 12.2. The summed E-state index contributed by atoms with van der Waals surface area (Å²) in [6, 6.07) is 13.0. The molecule has 1 aromatic heterocycles. The van der Waals surface area contributed by atoms with E-state index in [1.165, 1.54) is 12.1 Å². The number of pyridine rings is 1. The fraction of sp³-hybridized carbons (Fsp3) is 0.296. The Hall–Kier alpha value is -4.12. The van der Waals surface area contributed by atoms with Gasteiger partial charge in [-0.3, -0.25) is 14.9 Å². The van der Waals surface area contributed by atoms with Crippen molar-refractivity contribution in [3.63, 3.8) is 0 Å². The third-order valence-corrected chi connectivity index (χ3v) is 8.50. The average molecular weight is 536 g/mol. The minimum atomic E-state index is -3.15. The van der Waals surface area contributed by atoms with Crippen LogP contribution < -0.4 is 5.32 Å². The first-order valence-corrected chi connectivity index (χ1v) is 14.1. The lowest BCUT2D eigenvalue weighted by Crippen LogP contribution is -2.38. The number of allylic oxidation sites excluding steroid dienone is 1. The Morgan fingerprint density at radius 2 is 1.97 bits per heavy atom. The van der Waals surface area contributed by atoms with Crippen LogP contribution in [-0.2, 0) is 25.8 Å². The number of hydrogen-bond acceptors (Lipinski definition) is 8. The van der Waals surface area contributed by atoms with Gasteiger partial charge in [-0.1, -0.05) is 30.3 Å². The Morgan fingerprint density at radius 3 is 2.74 bits per heavy atom. The molecule has 1 aliphatic carbocycles. The van der Waals surface area contributed by atoms with Gasteiger partial charge in [-0.25, -0.2) is 18.2 Å². The van der Waals surface area contributed by atoms with E-state index in [0.29, 0.717) is 52.5 Å². The van der Waals surface area contributed by atoms with E-state index in [2.05, 4.69) is 5.32 Å². The van der Waals surface area contributed by atoms with Crippen LogP contribution in [0.1, 0.15) is 46.4 Å². The van der Waals surface area contributed by atoms with Crippen molar-refractivity contribution in [1.82, 2.24) is 10.3 Å². The van der Waals surface area contributed by atoms with Gasteiger partial charge in [0.05, 0.1) is 33.2 Å². The molecule has 2 aromatic carbocycles. The molecule has 2 aliphatic rings. The number of rotatable bonds is 6. The fourth-order valence-corrected chi connectivity index (χ4v) is 6.69. The quantitative estimate of drug-likeness (QED) is 0.287. The molecule has 1 aliphatic heterocycles. The first kappa shape index (κ1) is 25.5. The average Bonchev–Trinajstić information content (AvgIpc) is 3.24. The molecular formula is C27H25N3O7S. The summed E-state index contributed by atoms with van der Waals surface area (Å²) in [5.74, 6) is -1.31. The zero-order valence-electron chi connectivity index (χ0n) is 20.4. The summed E-state index contributed by atoms with van der Waals surface area (Å²) in [7, 11) is -3.15. The van der Waals surface area contributed by atoms with Gasteiger partial charge in [0.1, 0.15) is 0 Å². The third-order valence-electron chi connectivity index (χ3n) is 6.73. The largest absolute Gasteiger partial charge is 0.452 e. The van der Waals surface area contributed by atoms with E-state index < -0.39 is 39.3 Å². The number of nitro groups is 1. The maximum Gasteiger partial charge on any atom is 0.339 e. The lowest BCUT2D eigenvalue weighted by molar-refractivity contribution is -0.384. The van der Waals surface area contributed by atoms with Crippen molar-refractivity contribution in [3.05, 3.63) is 81.0 Å². The van der Waals surface area contributed by atoms with E-state index in [4.69, 9.17) is 9.72 Å². The number of para-hydroxylation sites is 1.